The van der Waals surface area contributed by atoms with E-state index < -0.39 is 0 Å². The smallest absolute Gasteiger partial charge is 0.227 e. The Kier molecular flexibility index (Phi) is 4.89. The van der Waals surface area contributed by atoms with Crippen LogP contribution in [-0.2, 0) is 4.74 Å². The lowest BCUT2D eigenvalue weighted by Gasteiger charge is -2.32. The predicted octanol–water partition coefficient (Wildman–Crippen LogP) is 2.23. The van der Waals surface area contributed by atoms with Gasteiger partial charge in [0.15, 0.2) is 11.5 Å². The molecule has 2 heterocycles. The molecule has 7 heteroatoms. The van der Waals surface area contributed by atoms with Crippen molar-refractivity contribution in [3.63, 3.8) is 0 Å². The lowest BCUT2D eigenvalue weighted by Crippen LogP contribution is -2.40. The van der Waals surface area contributed by atoms with Gasteiger partial charge >= 0.3 is 0 Å². The third-order valence-corrected chi connectivity index (χ3v) is 4.28. The van der Waals surface area contributed by atoms with Gasteiger partial charge < -0.3 is 24.8 Å². The van der Waals surface area contributed by atoms with Crippen LogP contribution in [0.25, 0.3) is 10.9 Å². The Hall–Kier alpha value is -2.28. The van der Waals surface area contributed by atoms with Crippen LogP contribution in [0.3, 0.4) is 0 Å². The van der Waals surface area contributed by atoms with Crippen molar-refractivity contribution in [3.05, 3.63) is 12.1 Å². The van der Waals surface area contributed by atoms with E-state index in [1.165, 1.54) is 0 Å². The Morgan fingerprint density at radius 3 is 2.67 bits per heavy atom. The number of hydrogen-bond donors (Lipinski definition) is 1. The van der Waals surface area contributed by atoms with Gasteiger partial charge in [0.05, 0.1) is 25.8 Å². The summed E-state index contributed by atoms with van der Waals surface area (Å²) in [6.07, 6.45) is 2.34. The number of aromatic nitrogens is 2. The van der Waals surface area contributed by atoms with Gasteiger partial charge in [0, 0.05) is 31.1 Å². The number of rotatable bonds is 5. The van der Waals surface area contributed by atoms with E-state index in [9.17, 15) is 0 Å². The largest absolute Gasteiger partial charge is 0.493 e. The molecule has 7 nitrogen and oxygen atoms in total. The number of nitrogens with two attached hydrogens (primary N) is 1. The summed E-state index contributed by atoms with van der Waals surface area (Å²) in [7, 11) is 3.20. The van der Waals surface area contributed by atoms with E-state index >= 15 is 0 Å². The minimum absolute atomic E-state index is 0.217. The molecule has 1 fully saturated rings. The number of piperidine rings is 1. The fraction of sp³-hybridized carbons (Fsp3) is 0.529. The van der Waals surface area contributed by atoms with Gasteiger partial charge in [-0.3, -0.25) is 0 Å². The molecule has 2 N–H and O–H groups in total. The highest BCUT2D eigenvalue weighted by Crippen LogP contribution is 2.34. The van der Waals surface area contributed by atoms with Crippen molar-refractivity contribution in [2.24, 2.45) is 0 Å². The van der Waals surface area contributed by atoms with Gasteiger partial charge in [-0.25, -0.2) is 4.98 Å². The van der Waals surface area contributed by atoms with Crippen molar-refractivity contribution >= 4 is 22.7 Å². The van der Waals surface area contributed by atoms with Crippen LogP contribution < -0.4 is 20.1 Å². The summed E-state index contributed by atoms with van der Waals surface area (Å²) in [4.78, 5) is 11.3. The standard InChI is InChI=1S/C17H24N4O3/c1-4-24-11-6-5-7-21(10-11)17-19-13-9-15(23-3)14(22-2)8-12(13)16(18)20-17/h8-9,11H,4-7,10H2,1-3H3,(H2,18,19,20)/t11-/m0/s1. The molecule has 2 aromatic rings. The van der Waals surface area contributed by atoms with Crippen molar-refractivity contribution in [3.8, 4) is 11.5 Å². The minimum Gasteiger partial charge on any atom is -0.493 e. The second kappa shape index (κ2) is 7.09. The number of methoxy groups -OCH3 is 2. The first kappa shape index (κ1) is 16.6. The fourth-order valence-electron chi connectivity index (χ4n) is 3.10. The molecule has 0 bridgehead atoms. The topological polar surface area (TPSA) is 82.7 Å². The van der Waals surface area contributed by atoms with Crippen LogP contribution in [-0.4, -0.2) is 50.0 Å². The van der Waals surface area contributed by atoms with Crippen molar-refractivity contribution < 1.29 is 14.2 Å². The number of hydrogen-bond acceptors (Lipinski definition) is 7. The summed E-state index contributed by atoms with van der Waals surface area (Å²) < 4.78 is 16.4. The fourth-order valence-corrected chi connectivity index (χ4v) is 3.10. The number of benzene rings is 1. The third-order valence-electron chi connectivity index (χ3n) is 4.28. The molecule has 130 valence electrons. The molecule has 0 unspecified atom stereocenters. The zero-order valence-electron chi connectivity index (χ0n) is 14.4. The summed E-state index contributed by atoms with van der Waals surface area (Å²) in [6.45, 7) is 4.42. The molecule has 1 aliphatic heterocycles. The molecule has 1 saturated heterocycles. The Morgan fingerprint density at radius 2 is 1.96 bits per heavy atom. The molecular weight excluding hydrogens is 308 g/mol. The summed E-state index contributed by atoms with van der Waals surface area (Å²) in [5.41, 5.74) is 6.91. The van der Waals surface area contributed by atoms with E-state index in [0.717, 1.165) is 43.4 Å². The first-order valence-electron chi connectivity index (χ1n) is 8.22. The van der Waals surface area contributed by atoms with Crippen molar-refractivity contribution in [1.82, 2.24) is 9.97 Å². The third kappa shape index (κ3) is 3.17. The van der Waals surface area contributed by atoms with Crippen LogP contribution in [0, 0.1) is 0 Å². The summed E-state index contributed by atoms with van der Waals surface area (Å²) in [5.74, 6) is 2.31. The molecule has 24 heavy (non-hydrogen) atoms. The molecule has 3 rings (SSSR count). The summed E-state index contributed by atoms with van der Waals surface area (Å²) in [5, 5.41) is 0.759. The van der Waals surface area contributed by atoms with Crippen molar-refractivity contribution in [2.75, 3.05) is 44.5 Å². The van der Waals surface area contributed by atoms with Crippen LogP contribution in [0.2, 0.25) is 0 Å². The van der Waals surface area contributed by atoms with E-state index in [1.807, 2.05) is 19.1 Å². The van der Waals surface area contributed by atoms with Crippen LogP contribution >= 0.6 is 0 Å². The Labute approximate surface area is 141 Å². The number of anilines is 2. The van der Waals surface area contributed by atoms with E-state index in [-0.39, 0.29) is 6.10 Å². The average Bonchev–Trinajstić information content (AvgIpc) is 2.61. The second-order valence-corrected chi connectivity index (χ2v) is 5.80. The molecule has 1 atom stereocenters. The Morgan fingerprint density at radius 1 is 1.21 bits per heavy atom. The molecule has 0 spiro atoms. The predicted molar refractivity (Wildman–Crippen MR) is 93.9 cm³/mol. The summed E-state index contributed by atoms with van der Waals surface area (Å²) >= 11 is 0. The maximum atomic E-state index is 6.17. The molecular formula is C17H24N4O3. The SMILES string of the molecule is CCO[C@H]1CCCN(c2nc(N)c3cc(OC)c(OC)cc3n2)C1. The van der Waals surface area contributed by atoms with Gasteiger partial charge in [-0.2, -0.15) is 4.98 Å². The number of nitrogens with zero attached hydrogens (tertiary/aromatic N) is 3. The van der Waals surface area contributed by atoms with Crippen LogP contribution in [0.15, 0.2) is 12.1 Å². The molecule has 1 aliphatic rings. The zero-order valence-corrected chi connectivity index (χ0v) is 14.4. The van der Waals surface area contributed by atoms with Gasteiger partial charge in [-0.05, 0) is 25.8 Å². The molecule has 0 saturated carbocycles. The van der Waals surface area contributed by atoms with Crippen LogP contribution in [0.5, 0.6) is 11.5 Å². The Balaban J connectivity index is 1.97. The van der Waals surface area contributed by atoms with Gasteiger partial charge in [0.2, 0.25) is 5.95 Å². The molecule has 0 aliphatic carbocycles. The lowest BCUT2D eigenvalue weighted by molar-refractivity contribution is 0.0523. The maximum absolute atomic E-state index is 6.17. The first-order chi connectivity index (χ1) is 11.7. The molecule has 0 radical (unpaired) electrons. The maximum Gasteiger partial charge on any atom is 0.227 e. The van der Waals surface area contributed by atoms with Gasteiger partial charge in [-0.15, -0.1) is 0 Å². The van der Waals surface area contributed by atoms with E-state index in [4.69, 9.17) is 19.9 Å². The highest BCUT2D eigenvalue weighted by Gasteiger charge is 2.23. The number of nitrogen functional groups attached to an aromatic ring is 1. The first-order valence-corrected chi connectivity index (χ1v) is 8.22. The Bertz CT molecular complexity index is 721. The van der Waals surface area contributed by atoms with Gasteiger partial charge in [-0.1, -0.05) is 0 Å². The van der Waals surface area contributed by atoms with Crippen LogP contribution in [0.4, 0.5) is 11.8 Å². The quantitative estimate of drug-likeness (QED) is 0.899. The summed E-state index contributed by atoms with van der Waals surface area (Å²) in [6, 6.07) is 3.65. The number of fused-ring (bicyclic) bond motifs is 1. The molecule has 0 amide bonds. The van der Waals surface area contributed by atoms with Crippen molar-refractivity contribution in [1.29, 1.82) is 0 Å². The van der Waals surface area contributed by atoms with E-state index in [1.54, 1.807) is 14.2 Å². The van der Waals surface area contributed by atoms with Crippen LogP contribution in [0.1, 0.15) is 19.8 Å². The molecule has 1 aromatic carbocycles. The second-order valence-electron chi connectivity index (χ2n) is 5.80. The number of ether oxygens (including phenoxy) is 3. The lowest BCUT2D eigenvalue weighted by atomic mass is 10.1. The zero-order chi connectivity index (χ0) is 17.1. The highest BCUT2D eigenvalue weighted by atomic mass is 16.5. The van der Waals surface area contributed by atoms with E-state index in [0.29, 0.717) is 23.3 Å². The van der Waals surface area contributed by atoms with Gasteiger partial charge in [0.25, 0.3) is 0 Å². The van der Waals surface area contributed by atoms with E-state index in [2.05, 4.69) is 14.9 Å². The van der Waals surface area contributed by atoms with Gasteiger partial charge in [0.1, 0.15) is 5.82 Å². The molecule has 1 aromatic heterocycles. The average molecular weight is 332 g/mol. The monoisotopic (exact) mass is 332 g/mol. The normalized spacial score (nSPS) is 18.0. The van der Waals surface area contributed by atoms with Crippen molar-refractivity contribution in [2.45, 2.75) is 25.9 Å². The minimum atomic E-state index is 0.217. The highest BCUT2D eigenvalue weighted by molar-refractivity contribution is 5.91.